The average molecular weight is 526 g/mol. The lowest BCUT2D eigenvalue weighted by molar-refractivity contribution is -0.140. The second-order valence-corrected chi connectivity index (χ2v) is 11.2. The highest BCUT2D eigenvalue weighted by Gasteiger charge is 2.31. The standard InChI is InChI=1S/C25H33ClFN3O4S/c1-6-23(25(32)28-14-17(2)3)29(15-19-8-10-20(27)11-9-19)24(31)16-30(35(5,33)34)21-12-7-18(4)22(26)13-21/h7-13,17,23H,6,14-16H2,1-5H3,(H,28,32). The first-order valence-corrected chi connectivity index (χ1v) is 13.6. The second-order valence-electron chi connectivity index (χ2n) is 8.91. The Balaban J connectivity index is 2.43. The zero-order chi connectivity index (χ0) is 26.3. The Hall–Kier alpha value is -2.65. The molecule has 35 heavy (non-hydrogen) atoms. The zero-order valence-corrected chi connectivity index (χ0v) is 22.3. The maximum Gasteiger partial charge on any atom is 0.244 e. The van der Waals surface area contributed by atoms with Gasteiger partial charge in [-0.3, -0.25) is 13.9 Å². The molecule has 0 saturated heterocycles. The number of nitrogens with zero attached hydrogens (tertiary/aromatic N) is 2. The van der Waals surface area contributed by atoms with E-state index >= 15 is 0 Å². The smallest absolute Gasteiger partial charge is 0.244 e. The van der Waals surface area contributed by atoms with Crippen LogP contribution in [0.5, 0.6) is 0 Å². The van der Waals surface area contributed by atoms with E-state index in [1.165, 1.54) is 35.2 Å². The quantitative estimate of drug-likeness (QED) is 0.478. The fourth-order valence-corrected chi connectivity index (χ4v) is 4.50. The van der Waals surface area contributed by atoms with E-state index in [0.29, 0.717) is 23.6 Å². The minimum absolute atomic E-state index is 0.0129. The number of hydrogen-bond acceptors (Lipinski definition) is 4. The summed E-state index contributed by atoms with van der Waals surface area (Å²) in [5, 5.41) is 3.22. The van der Waals surface area contributed by atoms with Crippen molar-refractivity contribution in [3.8, 4) is 0 Å². The first kappa shape index (κ1) is 28.6. The van der Waals surface area contributed by atoms with Crippen LogP contribution in [0.25, 0.3) is 0 Å². The van der Waals surface area contributed by atoms with Crippen molar-refractivity contribution in [1.29, 1.82) is 0 Å². The third-order valence-electron chi connectivity index (χ3n) is 5.46. The SMILES string of the molecule is CCC(C(=O)NCC(C)C)N(Cc1ccc(F)cc1)C(=O)CN(c1ccc(C)c(Cl)c1)S(C)(=O)=O. The summed E-state index contributed by atoms with van der Waals surface area (Å²) >= 11 is 6.20. The molecule has 10 heteroatoms. The highest BCUT2D eigenvalue weighted by Crippen LogP contribution is 2.25. The minimum Gasteiger partial charge on any atom is -0.354 e. The number of anilines is 1. The van der Waals surface area contributed by atoms with E-state index in [4.69, 9.17) is 11.6 Å². The lowest BCUT2D eigenvalue weighted by atomic mass is 10.1. The van der Waals surface area contributed by atoms with Crippen LogP contribution in [0.15, 0.2) is 42.5 Å². The number of halogens is 2. The van der Waals surface area contributed by atoms with Crippen molar-refractivity contribution < 1.29 is 22.4 Å². The number of nitrogens with one attached hydrogen (secondary N) is 1. The number of hydrogen-bond donors (Lipinski definition) is 1. The van der Waals surface area contributed by atoms with E-state index in [1.807, 2.05) is 13.8 Å². The van der Waals surface area contributed by atoms with Gasteiger partial charge in [0.2, 0.25) is 21.8 Å². The van der Waals surface area contributed by atoms with Gasteiger partial charge in [-0.2, -0.15) is 0 Å². The first-order valence-electron chi connectivity index (χ1n) is 11.4. The van der Waals surface area contributed by atoms with Crippen molar-refractivity contribution in [1.82, 2.24) is 10.2 Å². The summed E-state index contributed by atoms with van der Waals surface area (Å²) in [6, 6.07) is 9.50. The minimum atomic E-state index is -3.85. The highest BCUT2D eigenvalue weighted by atomic mass is 35.5. The van der Waals surface area contributed by atoms with Gasteiger partial charge in [0.05, 0.1) is 11.9 Å². The summed E-state index contributed by atoms with van der Waals surface area (Å²) in [7, 11) is -3.85. The predicted octanol–water partition coefficient (Wildman–Crippen LogP) is 4.13. The van der Waals surface area contributed by atoms with Crippen molar-refractivity contribution in [3.05, 3.63) is 64.4 Å². The summed E-state index contributed by atoms with van der Waals surface area (Å²) < 4.78 is 39.7. The van der Waals surface area contributed by atoms with Crippen molar-refractivity contribution in [2.24, 2.45) is 5.92 Å². The van der Waals surface area contributed by atoms with Gasteiger partial charge in [-0.25, -0.2) is 12.8 Å². The fourth-order valence-electron chi connectivity index (χ4n) is 3.48. The van der Waals surface area contributed by atoms with Crippen molar-refractivity contribution in [2.75, 3.05) is 23.7 Å². The van der Waals surface area contributed by atoms with Gasteiger partial charge in [0.1, 0.15) is 18.4 Å². The van der Waals surface area contributed by atoms with Crippen LogP contribution in [0, 0.1) is 18.7 Å². The van der Waals surface area contributed by atoms with Crippen LogP contribution in [0.1, 0.15) is 38.3 Å². The molecule has 1 unspecified atom stereocenters. The number of carbonyl (C=O) groups is 2. The number of amides is 2. The Bertz CT molecular complexity index is 1140. The molecule has 2 rings (SSSR count). The summed E-state index contributed by atoms with van der Waals surface area (Å²) in [5.74, 6) is -1.11. The topological polar surface area (TPSA) is 86.8 Å². The summed E-state index contributed by atoms with van der Waals surface area (Å²) in [6.07, 6.45) is 1.32. The molecule has 2 aromatic carbocycles. The number of aryl methyl sites for hydroxylation is 1. The van der Waals surface area contributed by atoms with E-state index in [9.17, 15) is 22.4 Å². The Kier molecular flexibility index (Phi) is 10.1. The van der Waals surface area contributed by atoms with Crippen LogP contribution >= 0.6 is 11.6 Å². The molecule has 2 aromatic rings. The molecule has 0 aliphatic heterocycles. The number of rotatable bonds is 11. The van der Waals surface area contributed by atoms with Gasteiger partial charge in [-0.1, -0.05) is 50.6 Å². The number of sulfonamides is 1. The molecule has 0 fully saturated rings. The molecule has 7 nitrogen and oxygen atoms in total. The van der Waals surface area contributed by atoms with E-state index < -0.39 is 34.3 Å². The van der Waals surface area contributed by atoms with E-state index in [2.05, 4.69) is 5.32 Å². The van der Waals surface area contributed by atoms with Crippen LogP contribution in [0.2, 0.25) is 5.02 Å². The van der Waals surface area contributed by atoms with Gasteiger partial charge in [-0.05, 0) is 54.7 Å². The van der Waals surface area contributed by atoms with Crippen molar-refractivity contribution >= 4 is 39.1 Å². The Morgan fingerprint density at radius 3 is 2.26 bits per heavy atom. The largest absolute Gasteiger partial charge is 0.354 e. The number of carbonyl (C=O) groups excluding carboxylic acids is 2. The Morgan fingerprint density at radius 1 is 1.11 bits per heavy atom. The molecule has 0 radical (unpaired) electrons. The molecule has 0 aliphatic rings. The zero-order valence-electron chi connectivity index (χ0n) is 20.7. The molecular weight excluding hydrogens is 493 g/mol. The first-order chi connectivity index (χ1) is 16.3. The molecule has 1 N–H and O–H groups in total. The van der Waals surface area contributed by atoms with Gasteiger partial charge in [0.15, 0.2) is 0 Å². The molecule has 0 spiro atoms. The molecule has 1 atom stereocenters. The van der Waals surface area contributed by atoms with Gasteiger partial charge < -0.3 is 10.2 Å². The molecular formula is C25H33ClFN3O4S. The van der Waals surface area contributed by atoms with E-state index in [0.717, 1.165) is 16.1 Å². The van der Waals surface area contributed by atoms with Gasteiger partial charge >= 0.3 is 0 Å². The van der Waals surface area contributed by atoms with E-state index in [-0.39, 0.29) is 24.1 Å². The summed E-state index contributed by atoms with van der Waals surface area (Å²) in [4.78, 5) is 27.9. The normalized spacial score (nSPS) is 12.3. The third kappa shape index (κ3) is 8.21. The van der Waals surface area contributed by atoms with Crippen LogP contribution in [-0.4, -0.2) is 50.5 Å². The van der Waals surface area contributed by atoms with Gasteiger partial charge in [-0.15, -0.1) is 0 Å². The van der Waals surface area contributed by atoms with Crippen LogP contribution < -0.4 is 9.62 Å². The van der Waals surface area contributed by atoms with Gasteiger partial charge in [0, 0.05) is 18.1 Å². The number of benzene rings is 2. The molecule has 192 valence electrons. The Labute approximate surface area is 212 Å². The molecule has 0 aromatic heterocycles. The fraction of sp³-hybridized carbons (Fsp3) is 0.440. The second kappa shape index (κ2) is 12.4. The third-order valence-corrected chi connectivity index (χ3v) is 7.01. The summed E-state index contributed by atoms with van der Waals surface area (Å²) in [6.45, 7) is 7.41. The predicted molar refractivity (Wildman–Crippen MR) is 137 cm³/mol. The lowest BCUT2D eigenvalue weighted by Crippen LogP contribution is -2.52. The molecule has 0 saturated carbocycles. The monoisotopic (exact) mass is 525 g/mol. The maximum atomic E-state index is 13.6. The molecule has 0 heterocycles. The van der Waals surface area contributed by atoms with Crippen LogP contribution in [-0.2, 0) is 26.2 Å². The summed E-state index contributed by atoms with van der Waals surface area (Å²) in [5.41, 5.74) is 1.62. The molecule has 0 aliphatic carbocycles. The van der Waals surface area contributed by atoms with Gasteiger partial charge in [0.25, 0.3) is 0 Å². The van der Waals surface area contributed by atoms with E-state index in [1.54, 1.807) is 26.0 Å². The molecule has 0 bridgehead atoms. The highest BCUT2D eigenvalue weighted by molar-refractivity contribution is 7.92. The van der Waals surface area contributed by atoms with Crippen LogP contribution in [0.4, 0.5) is 10.1 Å². The van der Waals surface area contributed by atoms with Crippen molar-refractivity contribution in [2.45, 2.75) is 46.7 Å². The van der Waals surface area contributed by atoms with Crippen LogP contribution in [0.3, 0.4) is 0 Å². The molecule has 2 amide bonds. The average Bonchev–Trinajstić information content (AvgIpc) is 2.78. The lowest BCUT2D eigenvalue weighted by Gasteiger charge is -2.33. The Morgan fingerprint density at radius 2 is 1.74 bits per heavy atom. The maximum absolute atomic E-state index is 13.6. The van der Waals surface area contributed by atoms with Crippen molar-refractivity contribution in [3.63, 3.8) is 0 Å².